The number of carboxylic acid groups (broad SMARTS) is 1. The van der Waals surface area contributed by atoms with Crippen LogP contribution in [-0.2, 0) is 0 Å². The number of hydrogen-bond donors (Lipinski definition) is 3. The number of hydrogen-bond acceptors (Lipinski definition) is 2. The van der Waals surface area contributed by atoms with E-state index in [1.54, 1.807) is 13.8 Å². The molecule has 20 heavy (non-hydrogen) atoms. The van der Waals surface area contributed by atoms with Gasteiger partial charge >= 0.3 is 5.97 Å². The van der Waals surface area contributed by atoms with Crippen LogP contribution in [0.3, 0.4) is 0 Å². The van der Waals surface area contributed by atoms with Crippen LogP contribution in [-0.4, -0.2) is 28.0 Å². The molecule has 0 aromatic carbocycles. The minimum Gasteiger partial charge on any atom is -0.477 e. The molecule has 5 nitrogen and oxygen atoms in total. The van der Waals surface area contributed by atoms with Gasteiger partial charge < -0.3 is 15.4 Å². The van der Waals surface area contributed by atoms with E-state index in [0.717, 1.165) is 0 Å². The second-order valence-corrected chi connectivity index (χ2v) is 6.10. The zero-order valence-electron chi connectivity index (χ0n) is 11.8. The first-order valence-corrected chi connectivity index (χ1v) is 7.22. The number of aromatic amines is 1. The van der Waals surface area contributed by atoms with Gasteiger partial charge in [0.15, 0.2) is 0 Å². The lowest BCUT2D eigenvalue weighted by Crippen LogP contribution is -2.38. The average molecular weight is 276 g/mol. The van der Waals surface area contributed by atoms with Crippen molar-refractivity contribution in [3.63, 3.8) is 0 Å². The Morgan fingerprint density at radius 1 is 1.20 bits per heavy atom. The van der Waals surface area contributed by atoms with Crippen molar-refractivity contribution in [2.75, 3.05) is 0 Å². The zero-order valence-corrected chi connectivity index (χ0v) is 11.8. The van der Waals surface area contributed by atoms with Crippen LogP contribution < -0.4 is 5.32 Å². The zero-order chi connectivity index (χ0) is 14.4. The number of rotatable bonds is 5. The first-order chi connectivity index (χ1) is 9.49. The topological polar surface area (TPSA) is 82.2 Å². The molecule has 0 spiro atoms. The number of aryl methyl sites for hydroxylation is 1. The molecule has 0 aliphatic heterocycles. The first kappa shape index (κ1) is 13.2. The monoisotopic (exact) mass is 276 g/mol. The Balaban J connectivity index is 1.81. The Morgan fingerprint density at radius 2 is 1.75 bits per heavy atom. The summed E-state index contributed by atoms with van der Waals surface area (Å²) in [6.07, 6.45) is 4.81. The van der Waals surface area contributed by atoms with Crippen molar-refractivity contribution in [3.05, 3.63) is 22.5 Å². The van der Waals surface area contributed by atoms with Crippen molar-refractivity contribution in [1.29, 1.82) is 0 Å². The number of amides is 1. The van der Waals surface area contributed by atoms with Gasteiger partial charge in [-0.25, -0.2) is 4.79 Å². The van der Waals surface area contributed by atoms with Gasteiger partial charge in [0.25, 0.3) is 5.91 Å². The lowest BCUT2D eigenvalue weighted by atomic mass is 10.0. The average Bonchev–Trinajstić information content (AvgIpc) is 3.25. The summed E-state index contributed by atoms with van der Waals surface area (Å²) < 4.78 is 0. The highest BCUT2D eigenvalue weighted by molar-refractivity contribution is 6.01. The summed E-state index contributed by atoms with van der Waals surface area (Å²) >= 11 is 0. The van der Waals surface area contributed by atoms with E-state index in [9.17, 15) is 9.59 Å². The lowest BCUT2D eigenvalue weighted by molar-refractivity contribution is 0.0690. The molecule has 0 unspecified atom stereocenters. The minimum atomic E-state index is -1.02. The summed E-state index contributed by atoms with van der Waals surface area (Å²) in [5.41, 5.74) is 1.76. The van der Waals surface area contributed by atoms with Crippen molar-refractivity contribution >= 4 is 11.9 Å². The van der Waals surface area contributed by atoms with Crippen molar-refractivity contribution in [2.45, 2.75) is 45.6 Å². The minimum absolute atomic E-state index is 0.113. The molecule has 0 atom stereocenters. The normalized spacial score (nSPS) is 18.4. The lowest BCUT2D eigenvalue weighted by Gasteiger charge is -2.18. The summed E-state index contributed by atoms with van der Waals surface area (Å²) in [6, 6.07) is 0.282. The quantitative estimate of drug-likeness (QED) is 0.771. The van der Waals surface area contributed by atoms with E-state index >= 15 is 0 Å². The number of nitrogens with one attached hydrogen (secondary N) is 2. The SMILES string of the molecule is Cc1[nH]c(C(=O)O)c(C)c1C(=O)NC(C1CC1)C1CC1. The van der Waals surface area contributed by atoms with Crippen LogP contribution in [0.15, 0.2) is 0 Å². The fourth-order valence-corrected chi connectivity index (χ4v) is 3.06. The molecule has 0 saturated heterocycles. The number of aromatic carboxylic acids is 1. The fraction of sp³-hybridized carbons (Fsp3) is 0.600. The molecular weight excluding hydrogens is 256 g/mol. The molecule has 0 bridgehead atoms. The van der Waals surface area contributed by atoms with E-state index in [1.165, 1.54) is 25.7 Å². The molecule has 1 aromatic rings. The number of carbonyl (C=O) groups is 2. The predicted molar refractivity (Wildman–Crippen MR) is 73.9 cm³/mol. The number of aromatic nitrogens is 1. The van der Waals surface area contributed by atoms with Gasteiger partial charge in [0.05, 0.1) is 5.56 Å². The molecular formula is C15H20N2O3. The molecule has 1 amide bonds. The fourth-order valence-electron chi connectivity index (χ4n) is 3.06. The van der Waals surface area contributed by atoms with Gasteiger partial charge in [0, 0.05) is 11.7 Å². The Kier molecular flexibility index (Phi) is 3.07. The Bertz CT molecular complexity index is 556. The third-order valence-electron chi connectivity index (χ3n) is 4.44. The van der Waals surface area contributed by atoms with E-state index in [-0.39, 0.29) is 17.6 Å². The predicted octanol–water partition coefficient (Wildman–Crippen LogP) is 2.25. The van der Waals surface area contributed by atoms with E-state index in [1.807, 2.05) is 0 Å². The maximum atomic E-state index is 12.5. The standard InChI is InChI=1S/C15H20N2O3/c1-7-11(8(2)16-12(7)15(19)20)14(18)17-13(9-3-4-9)10-5-6-10/h9-10,13,16H,3-6H2,1-2H3,(H,17,18)(H,19,20). The summed E-state index contributed by atoms with van der Waals surface area (Å²) in [5, 5.41) is 12.2. The summed E-state index contributed by atoms with van der Waals surface area (Å²) in [7, 11) is 0. The second kappa shape index (κ2) is 4.65. The summed E-state index contributed by atoms with van der Waals surface area (Å²) in [4.78, 5) is 26.4. The summed E-state index contributed by atoms with van der Waals surface area (Å²) in [5.74, 6) is 0.105. The maximum absolute atomic E-state index is 12.5. The molecule has 108 valence electrons. The van der Waals surface area contributed by atoms with Crippen LogP contribution in [0.2, 0.25) is 0 Å². The van der Waals surface area contributed by atoms with E-state index in [2.05, 4.69) is 10.3 Å². The smallest absolute Gasteiger partial charge is 0.352 e. The van der Waals surface area contributed by atoms with Crippen molar-refractivity contribution < 1.29 is 14.7 Å². The summed E-state index contributed by atoms with van der Waals surface area (Å²) in [6.45, 7) is 3.43. The largest absolute Gasteiger partial charge is 0.477 e. The van der Waals surface area contributed by atoms with E-state index in [0.29, 0.717) is 28.7 Å². The molecule has 2 fully saturated rings. The molecule has 1 heterocycles. The highest BCUT2D eigenvalue weighted by atomic mass is 16.4. The van der Waals surface area contributed by atoms with Crippen molar-refractivity contribution in [2.24, 2.45) is 11.8 Å². The van der Waals surface area contributed by atoms with Crippen LogP contribution >= 0.6 is 0 Å². The van der Waals surface area contributed by atoms with Crippen molar-refractivity contribution in [3.8, 4) is 0 Å². The highest BCUT2D eigenvalue weighted by Crippen LogP contribution is 2.44. The first-order valence-electron chi connectivity index (χ1n) is 7.22. The van der Waals surface area contributed by atoms with Crippen LogP contribution in [0.25, 0.3) is 0 Å². The Labute approximate surface area is 117 Å². The molecule has 5 heteroatoms. The number of carbonyl (C=O) groups excluding carboxylic acids is 1. The van der Waals surface area contributed by atoms with Crippen LogP contribution in [0.5, 0.6) is 0 Å². The van der Waals surface area contributed by atoms with Gasteiger partial charge in [-0.3, -0.25) is 4.79 Å². The van der Waals surface area contributed by atoms with Gasteiger partial charge in [0.2, 0.25) is 0 Å². The maximum Gasteiger partial charge on any atom is 0.352 e. The molecule has 2 saturated carbocycles. The van der Waals surface area contributed by atoms with Gasteiger partial charge in [0.1, 0.15) is 5.69 Å². The van der Waals surface area contributed by atoms with E-state index < -0.39 is 5.97 Å². The molecule has 2 aliphatic rings. The van der Waals surface area contributed by atoms with Crippen LogP contribution in [0, 0.1) is 25.7 Å². The highest BCUT2D eigenvalue weighted by Gasteiger charge is 2.42. The van der Waals surface area contributed by atoms with Crippen molar-refractivity contribution in [1.82, 2.24) is 10.3 Å². The number of carboxylic acids is 1. The molecule has 2 aliphatic carbocycles. The van der Waals surface area contributed by atoms with Crippen LogP contribution in [0.4, 0.5) is 0 Å². The Hall–Kier alpha value is -1.78. The van der Waals surface area contributed by atoms with E-state index in [4.69, 9.17) is 5.11 Å². The third-order valence-corrected chi connectivity index (χ3v) is 4.44. The van der Waals surface area contributed by atoms with Gasteiger partial charge in [-0.2, -0.15) is 0 Å². The molecule has 3 rings (SSSR count). The molecule has 1 aromatic heterocycles. The molecule has 0 radical (unpaired) electrons. The van der Waals surface area contributed by atoms with Gasteiger partial charge in [-0.1, -0.05) is 0 Å². The Morgan fingerprint density at radius 3 is 2.15 bits per heavy atom. The van der Waals surface area contributed by atoms with Gasteiger partial charge in [-0.05, 0) is 56.9 Å². The molecule has 3 N–H and O–H groups in total. The number of H-pyrrole nitrogens is 1. The third kappa shape index (κ3) is 2.32. The van der Waals surface area contributed by atoms with Gasteiger partial charge in [-0.15, -0.1) is 0 Å². The second-order valence-electron chi connectivity index (χ2n) is 6.10. The van der Waals surface area contributed by atoms with Crippen LogP contribution in [0.1, 0.15) is 57.8 Å².